The van der Waals surface area contributed by atoms with Gasteiger partial charge in [-0.3, -0.25) is 14.7 Å². The Morgan fingerprint density at radius 1 is 1.20 bits per heavy atom. The van der Waals surface area contributed by atoms with Crippen LogP contribution in [0.5, 0.6) is 5.75 Å². The number of aliphatic hydroxyl groups is 1. The molecule has 2 N–H and O–H groups in total. The third kappa shape index (κ3) is 6.60. The van der Waals surface area contributed by atoms with Crippen molar-refractivity contribution in [3.63, 3.8) is 0 Å². The highest BCUT2D eigenvalue weighted by Crippen LogP contribution is 2.34. The number of aliphatic hydroxyl groups excluding tert-OH is 1. The number of piperidine rings is 1. The number of carboxylic acids is 1. The maximum Gasteiger partial charge on any atom is 0.303 e. The Morgan fingerprint density at radius 3 is 2.80 bits per heavy atom. The summed E-state index contributed by atoms with van der Waals surface area (Å²) in [5.74, 6) is 6.66. The molecule has 1 aliphatic heterocycles. The van der Waals surface area contributed by atoms with E-state index in [9.17, 15) is 15.0 Å². The minimum absolute atomic E-state index is 0.0428. The van der Waals surface area contributed by atoms with Crippen LogP contribution in [-0.4, -0.2) is 52.8 Å². The van der Waals surface area contributed by atoms with Gasteiger partial charge in [-0.1, -0.05) is 30.0 Å². The summed E-state index contributed by atoms with van der Waals surface area (Å²) in [6.07, 6.45) is 3.46. The van der Waals surface area contributed by atoms with Crippen molar-refractivity contribution in [3.8, 4) is 17.6 Å². The lowest BCUT2D eigenvalue weighted by molar-refractivity contribution is -0.139. The molecule has 2 aromatic carbocycles. The summed E-state index contributed by atoms with van der Waals surface area (Å²) in [7, 11) is 1.62. The maximum atomic E-state index is 11.6. The van der Waals surface area contributed by atoms with E-state index in [1.807, 2.05) is 54.6 Å². The second kappa shape index (κ2) is 11.8. The fourth-order valence-electron chi connectivity index (χ4n) is 5.00. The zero-order chi connectivity index (χ0) is 24.6. The van der Waals surface area contributed by atoms with Crippen molar-refractivity contribution in [2.24, 2.45) is 11.8 Å². The van der Waals surface area contributed by atoms with Crippen LogP contribution in [0.15, 0.2) is 60.8 Å². The monoisotopic (exact) mass is 472 g/mol. The first kappa shape index (κ1) is 24.7. The van der Waals surface area contributed by atoms with Crippen molar-refractivity contribution in [2.45, 2.75) is 31.8 Å². The van der Waals surface area contributed by atoms with Gasteiger partial charge in [-0.2, -0.15) is 0 Å². The van der Waals surface area contributed by atoms with Crippen molar-refractivity contribution in [1.82, 2.24) is 9.88 Å². The number of carboxylic acid groups (broad SMARTS) is 1. The van der Waals surface area contributed by atoms with Gasteiger partial charge in [0.2, 0.25) is 0 Å². The number of nitrogens with zero attached hydrogens (tertiary/aromatic N) is 2. The van der Waals surface area contributed by atoms with Gasteiger partial charge in [0, 0.05) is 30.1 Å². The quantitative estimate of drug-likeness (QED) is 0.469. The number of rotatable bonds is 8. The van der Waals surface area contributed by atoms with E-state index in [1.165, 1.54) is 0 Å². The number of pyridine rings is 1. The van der Waals surface area contributed by atoms with Gasteiger partial charge < -0.3 is 14.9 Å². The van der Waals surface area contributed by atoms with Crippen LogP contribution in [0.3, 0.4) is 0 Å². The van der Waals surface area contributed by atoms with Crippen LogP contribution in [0.2, 0.25) is 0 Å². The highest BCUT2D eigenvalue weighted by atomic mass is 16.5. The van der Waals surface area contributed by atoms with E-state index >= 15 is 0 Å². The molecule has 6 nitrogen and oxygen atoms in total. The van der Waals surface area contributed by atoms with Crippen molar-refractivity contribution in [2.75, 3.05) is 26.7 Å². The number of fused-ring (bicyclic) bond motifs is 1. The first-order chi connectivity index (χ1) is 17.0. The number of hydrogen-bond acceptors (Lipinski definition) is 5. The average Bonchev–Trinajstić information content (AvgIpc) is 2.87. The van der Waals surface area contributed by atoms with Gasteiger partial charge in [-0.05, 0) is 79.6 Å². The third-order valence-electron chi connectivity index (χ3n) is 6.87. The van der Waals surface area contributed by atoms with E-state index in [0.29, 0.717) is 19.5 Å². The first-order valence-electron chi connectivity index (χ1n) is 12.1. The predicted molar refractivity (Wildman–Crippen MR) is 136 cm³/mol. The Bertz CT molecular complexity index is 1200. The van der Waals surface area contributed by atoms with Crippen molar-refractivity contribution < 1.29 is 19.7 Å². The average molecular weight is 473 g/mol. The highest BCUT2D eigenvalue weighted by Gasteiger charge is 2.31. The Labute approximate surface area is 206 Å². The number of benzene rings is 2. The number of carbonyl (C=O) groups is 1. The maximum absolute atomic E-state index is 11.6. The molecule has 0 spiro atoms. The molecule has 4 rings (SSSR count). The number of aliphatic carboxylic acids is 1. The molecule has 1 saturated heterocycles. The summed E-state index contributed by atoms with van der Waals surface area (Å²) in [6.45, 7) is 2.23. The molecule has 182 valence electrons. The molecular weight excluding hydrogens is 440 g/mol. The van der Waals surface area contributed by atoms with E-state index in [4.69, 9.17) is 4.74 Å². The Hall–Kier alpha value is -3.40. The van der Waals surface area contributed by atoms with Crippen LogP contribution >= 0.6 is 0 Å². The van der Waals surface area contributed by atoms with Gasteiger partial charge in [0.1, 0.15) is 5.75 Å². The second-order valence-corrected chi connectivity index (χ2v) is 9.19. The Morgan fingerprint density at radius 2 is 2.03 bits per heavy atom. The van der Waals surface area contributed by atoms with Gasteiger partial charge in [-0.25, -0.2) is 0 Å². The van der Waals surface area contributed by atoms with Gasteiger partial charge >= 0.3 is 5.97 Å². The van der Waals surface area contributed by atoms with E-state index in [2.05, 4.69) is 21.7 Å². The molecule has 0 aliphatic carbocycles. The van der Waals surface area contributed by atoms with Crippen LogP contribution in [0.25, 0.3) is 10.9 Å². The zero-order valence-electron chi connectivity index (χ0n) is 20.1. The van der Waals surface area contributed by atoms with E-state index in [-0.39, 0.29) is 18.3 Å². The molecule has 0 bridgehead atoms. The molecule has 1 aliphatic rings. The molecule has 1 unspecified atom stereocenters. The number of ether oxygens (including phenoxy) is 1. The summed E-state index contributed by atoms with van der Waals surface area (Å²) in [5.41, 5.74) is 2.63. The summed E-state index contributed by atoms with van der Waals surface area (Å²) in [4.78, 5) is 18.2. The minimum atomic E-state index is -0.773. The van der Waals surface area contributed by atoms with Crippen LogP contribution in [0, 0.1) is 23.7 Å². The molecule has 35 heavy (non-hydrogen) atoms. The minimum Gasteiger partial charge on any atom is -0.497 e. The molecule has 1 aromatic heterocycles. The van der Waals surface area contributed by atoms with Crippen molar-refractivity contribution in [3.05, 3.63) is 71.9 Å². The highest BCUT2D eigenvalue weighted by molar-refractivity contribution is 5.83. The molecular formula is C29H32N2O4. The molecule has 2 heterocycles. The van der Waals surface area contributed by atoms with Gasteiger partial charge in [0.25, 0.3) is 0 Å². The lowest BCUT2D eigenvalue weighted by Gasteiger charge is -2.37. The molecule has 3 atom stereocenters. The summed E-state index contributed by atoms with van der Waals surface area (Å²) in [6, 6.07) is 17.4. The van der Waals surface area contributed by atoms with Gasteiger partial charge in [0.15, 0.2) is 0 Å². The fourth-order valence-corrected chi connectivity index (χ4v) is 5.00. The molecule has 1 fully saturated rings. The van der Waals surface area contributed by atoms with Crippen molar-refractivity contribution >= 4 is 16.9 Å². The normalized spacial score (nSPS) is 19.0. The summed E-state index contributed by atoms with van der Waals surface area (Å²) in [5, 5.41) is 21.4. The number of methoxy groups -OCH3 is 1. The van der Waals surface area contributed by atoms with Crippen LogP contribution in [0.1, 0.15) is 42.9 Å². The smallest absolute Gasteiger partial charge is 0.303 e. The number of aromatic nitrogens is 1. The van der Waals surface area contributed by atoms with E-state index in [1.54, 1.807) is 13.3 Å². The Balaban J connectivity index is 1.39. The van der Waals surface area contributed by atoms with Gasteiger partial charge in [0.05, 0.1) is 25.3 Å². The SMILES string of the molecule is COc1ccc2nccc(C(O)CC[C@@H]3CCN(CC#Cc4ccccc4)C[C@@H]3CC(=O)O)c2c1. The van der Waals surface area contributed by atoms with Gasteiger partial charge in [-0.15, -0.1) is 0 Å². The zero-order valence-corrected chi connectivity index (χ0v) is 20.1. The standard InChI is InChI=1S/C29H32N2O4/c1-35-24-10-11-27-26(19-24)25(13-15-30-27)28(32)12-9-22-14-17-31(20-23(22)18-29(33)34)16-5-8-21-6-3-2-4-7-21/h2-4,6-7,10-11,13,15,19,22-23,28,32H,9,12,14,16-18,20H2,1H3,(H,33,34)/t22-,23+,28?/m1/s1. The number of likely N-dealkylation sites (tertiary alicyclic amines) is 1. The summed E-state index contributed by atoms with van der Waals surface area (Å²) >= 11 is 0. The topological polar surface area (TPSA) is 82.9 Å². The van der Waals surface area contributed by atoms with Crippen LogP contribution in [-0.2, 0) is 4.79 Å². The summed E-state index contributed by atoms with van der Waals surface area (Å²) < 4.78 is 5.35. The third-order valence-corrected chi connectivity index (χ3v) is 6.87. The number of hydrogen-bond donors (Lipinski definition) is 2. The molecule has 0 amide bonds. The van der Waals surface area contributed by atoms with E-state index < -0.39 is 12.1 Å². The van der Waals surface area contributed by atoms with Crippen LogP contribution in [0.4, 0.5) is 0 Å². The first-order valence-corrected chi connectivity index (χ1v) is 12.1. The molecule has 3 aromatic rings. The molecule has 0 radical (unpaired) electrons. The lowest BCUT2D eigenvalue weighted by atomic mass is 9.79. The largest absolute Gasteiger partial charge is 0.497 e. The fraction of sp³-hybridized carbons (Fsp3) is 0.379. The molecule has 0 saturated carbocycles. The Kier molecular flexibility index (Phi) is 8.36. The second-order valence-electron chi connectivity index (χ2n) is 9.19. The predicted octanol–water partition coefficient (Wildman–Crippen LogP) is 4.52. The van der Waals surface area contributed by atoms with Crippen LogP contribution < -0.4 is 4.74 Å². The molecule has 6 heteroatoms. The van der Waals surface area contributed by atoms with Crippen molar-refractivity contribution in [1.29, 1.82) is 0 Å². The lowest BCUT2D eigenvalue weighted by Crippen LogP contribution is -2.41. The van der Waals surface area contributed by atoms with E-state index in [0.717, 1.165) is 47.2 Å².